The molecular formula is C14H21N3S2. The maximum atomic E-state index is 4.68. The minimum atomic E-state index is 0.474. The van der Waals surface area contributed by atoms with Crippen molar-refractivity contribution >= 4 is 39.1 Å². The van der Waals surface area contributed by atoms with Crippen LogP contribution >= 0.6 is 23.1 Å². The molecule has 2 aromatic heterocycles. The van der Waals surface area contributed by atoms with Crippen molar-refractivity contribution in [1.82, 2.24) is 9.97 Å². The van der Waals surface area contributed by atoms with Crippen LogP contribution in [0.1, 0.15) is 25.2 Å². The zero-order chi connectivity index (χ0) is 14.0. The Labute approximate surface area is 123 Å². The van der Waals surface area contributed by atoms with Crippen molar-refractivity contribution < 1.29 is 0 Å². The highest BCUT2D eigenvalue weighted by molar-refractivity contribution is 7.99. The minimum absolute atomic E-state index is 0.474. The molecule has 0 spiro atoms. The van der Waals surface area contributed by atoms with E-state index in [2.05, 4.69) is 48.1 Å². The molecule has 0 aromatic carbocycles. The van der Waals surface area contributed by atoms with Gasteiger partial charge in [-0.25, -0.2) is 9.97 Å². The third-order valence-corrected chi connectivity index (χ3v) is 5.39. The first-order chi connectivity index (χ1) is 9.04. The summed E-state index contributed by atoms with van der Waals surface area (Å²) in [5.41, 5.74) is 1.28. The number of aromatic nitrogens is 2. The van der Waals surface area contributed by atoms with Gasteiger partial charge in [0.05, 0.1) is 5.39 Å². The van der Waals surface area contributed by atoms with E-state index in [1.165, 1.54) is 10.9 Å². The lowest BCUT2D eigenvalue weighted by Crippen LogP contribution is -2.32. The molecule has 5 heteroatoms. The van der Waals surface area contributed by atoms with Gasteiger partial charge in [0.1, 0.15) is 16.5 Å². The van der Waals surface area contributed by atoms with E-state index in [4.69, 9.17) is 0 Å². The van der Waals surface area contributed by atoms with E-state index in [0.29, 0.717) is 6.04 Å². The second-order valence-electron chi connectivity index (χ2n) is 4.81. The molecule has 104 valence electrons. The van der Waals surface area contributed by atoms with Crippen LogP contribution in [0.4, 0.5) is 5.82 Å². The zero-order valence-corrected chi connectivity index (χ0v) is 13.9. The SMILES string of the molecule is CCSCC(C)N(C)c1nc(C)nc2scc(C)c12. The van der Waals surface area contributed by atoms with E-state index in [0.717, 1.165) is 28.0 Å². The third kappa shape index (κ3) is 3.03. The monoisotopic (exact) mass is 295 g/mol. The van der Waals surface area contributed by atoms with Gasteiger partial charge in [0, 0.05) is 18.8 Å². The van der Waals surface area contributed by atoms with Crippen LogP contribution in [0, 0.1) is 13.8 Å². The molecule has 2 rings (SSSR count). The largest absolute Gasteiger partial charge is 0.355 e. The Morgan fingerprint density at radius 3 is 2.79 bits per heavy atom. The fourth-order valence-electron chi connectivity index (χ4n) is 2.03. The van der Waals surface area contributed by atoms with Crippen molar-refractivity contribution in [3.8, 4) is 0 Å². The van der Waals surface area contributed by atoms with Crippen LogP contribution in [-0.2, 0) is 0 Å². The Balaban J connectivity index is 2.40. The number of thiophene rings is 1. The van der Waals surface area contributed by atoms with Crippen LogP contribution in [0.3, 0.4) is 0 Å². The summed E-state index contributed by atoms with van der Waals surface area (Å²) in [6.45, 7) is 8.57. The molecule has 2 aromatic rings. The average Bonchev–Trinajstić information content (AvgIpc) is 2.75. The van der Waals surface area contributed by atoms with Crippen molar-refractivity contribution in [3.05, 3.63) is 16.8 Å². The third-order valence-electron chi connectivity index (χ3n) is 3.27. The van der Waals surface area contributed by atoms with Gasteiger partial charge in [-0.3, -0.25) is 0 Å². The van der Waals surface area contributed by atoms with Gasteiger partial charge in [-0.1, -0.05) is 6.92 Å². The van der Waals surface area contributed by atoms with Gasteiger partial charge in [0.2, 0.25) is 0 Å². The Hall–Kier alpha value is -0.810. The van der Waals surface area contributed by atoms with E-state index >= 15 is 0 Å². The molecule has 19 heavy (non-hydrogen) atoms. The van der Waals surface area contributed by atoms with Gasteiger partial charge in [-0.2, -0.15) is 11.8 Å². The van der Waals surface area contributed by atoms with Gasteiger partial charge in [0.25, 0.3) is 0 Å². The highest BCUT2D eigenvalue weighted by atomic mass is 32.2. The number of rotatable bonds is 5. The van der Waals surface area contributed by atoms with Gasteiger partial charge >= 0.3 is 0 Å². The Morgan fingerprint density at radius 2 is 2.11 bits per heavy atom. The Morgan fingerprint density at radius 1 is 1.37 bits per heavy atom. The lowest BCUT2D eigenvalue weighted by Gasteiger charge is -2.26. The molecule has 0 aliphatic rings. The molecular weight excluding hydrogens is 274 g/mol. The van der Waals surface area contributed by atoms with E-state index < -0.39 is 0 Å². The van der Waals surface area contributed by atoms with Gasteiger partial charge < -0.3 is 4.90 Å². The minimum Gasteiger partial charge on any atom is -0.355 e. The maximum Gasteiger partial charge on any atom is 0.141 e. The maximum absolute atomic E-state index is 4.68. The Bertz CT molecular complexity index is 565. The summed E-state index contributed by atoms with van der Waals surface area (Å²) in [5, 5.41) is 3.38. The van der Waals surface area contributed by atoms with Crippen molar-refractivity contribution in [3.63, 3.8) is 0 Å². The van der Waals surface area contributed by atoms with Crippen LogP contribution in [0.2, 0.25) is 0 Å². The van der Waals surface area contributed by atoms with E-state index in [9.17, 15) is 0 Å². The van der Waals surface area contributed by atoms with Gasteiger partial charge in [-0.05, 0) is 37.5 Å². The first-order valence-corrected chi connectivity index (χ1v) is 8.61. The lowest BCUT2D eigenvalue weighted by atomic mass is 10.2. The fraction of sp³-hybridized carbons (Fsp3) is 0.571. The van der Waals surface area contributed by atoms with E-state index in [1.54, 1.807) is 11.3 Å². The fourth-order valence-corrected chi connectivity index (χ4v) is 3.79. The van der Waals surface area contributed by atoms with Crippen LogP contribution in [-0.4, -0.2) is 34.6 Å². The Kier molecular flexibility index (Phi) is 4.68. The molecule has 0 aliphatic carbocycles. The molecule has 0 saturated carbocycles. The predicted octanol–water partition coefficient (Wildman–Crippen LogP) is 3.89. The molecule has 0 radical (unpaired) electrons. The zero-order valence-electron chi connectivity index (χ0n) is 12.2. The standard InChI is InChI=1S/C14H21N3S2/c1-6-18-8-10(3)17(5)13-12-9(2)7-19-14(12)16-11(4)15-13/h7,10H,6,8H2,1-5H3. The molecule has 0 saturated heterocycles. The summed E-state index contributed by atoms with van der Waals surface area (Å²) in [4.78, 5) is 12.6. The molecule has 1 atom stereocenters. The summed E-state index contributed by atoms with van der Waals surface area (Å²) in [6.07, 6.45) is 0. The molecule has 0 fully saturated rings. The van der Waals surface area contributed by atoms with Gasteiger partial charge in [-0.15, -0.1) is 11.3 Å². The molecule has 0 N–H and O–H groups in total. The van der Waals surface area contributed by atoms with Crippen LogP contribution in [0.25, 0.3) is 10.2 Å². The first-order valence-electron chi connectivity index (χ1n) is 6.57. The van der Waals surface area contributed by atoms with Gasteiger partial charge in [0.15, 0.2) is 0 Å². The summed E-state index contributed by atoms with van der Waals surface area (Å²) in [7, 11) is 2.14. The number of aryl methyl sites for hydroxylation is 2. The van der Waals surface area contributed by atoms with Crippen molar-refractivity contribution in [2.45, 2.75) is 33.7 Å². The summed E-state index contributed by atoms with van der Waals surface area (Å²) < 4.78 is 0. The number of hydrogen-bond donors (Lipinski definition) is 0. The highest BCUT2D eigenvalue weighted by Crippen LogP contribution is 2.32. The number of nitrogens with zero attached hydrogens (tertiary/aromatic N) is 3. The number of fused-ring (bicyclic) bond motifs is 1. The highest BCUT2D eigenvalue weighted by Gasteiger charge is 2.17. The van der Waals surface area contributed by atoms with Crippen LogP contribution in [0.5, 0.6) is 0 Å². The lowest BCUT2D eigenvalue weighted by molar-refractivity contribution is 0.753. The van der Waals surface area contributed by atoms with Crippen molar-refractivity contribution in [2.75, 3.05) is 23.5 Å². The summed E-state index contributed by atoms with van der Waals surface area (Å²) in [6, 6.07) is 0.474. The number of thioether (sulfide) groups is 1. The molecule has 3 nitrogen and oxygen atoms in total. The second kappa shape index (κ2) is 6.09. The number of anilines is 1. The predicted molar refractivity (Wildman–Crippen MR) is 87.8 cm³/mol. The average molecular weight is 295 g/mol. The quantitative estimate of drug-likeness (QED) is 0.837. The summed E-state index contributed by atoms with van der Waals surface area (Å²) in [5.74, 6) is 4.21. The number of hydrogen-bond acceptors (Lipinski definition) is 5. The van der Waals surface area contributed by atoms with Crippen molar-refractivity contribution in [2.24, 2.45) is 0 Å². The smallest absolute Gasteiger partial charge is 0.141 e. The topological polar surface area (TPSA) is 29.0 Å². The first kappa shape index (κ1) is 14.6. The second-order valence-corrected chi connectivity index (χ2v) is 6.99. The molecule has 1 unspecified atom stereocenters. The van der Waals surface area contributed by atoms with Crippen molar-refractivity contribution in [1.29, 1.82) is 0 Å². The normalized spacial score (nSPS) is 12.9. The van der Waals surface area contributed by atoms with Crippen LogP contribution in [0.15, 0.2) is 5.38 Å². The van der Waals surface area contributed by atoms with E-state index in [1.807, 2.05) is 18.7 Å². The van der Waals surface area contributed by atoms with Crippen LogP contribution < -0.4 is 4.90 Å². The molecule has 0 aliphatic heterocycles. The van der Waals surface area contributed by atoms with E-state index in [-0.39, 0.29) is 0 Å². The molecule has 0 amide bonds. The summed E-state index contributed by atoms with van der Waals surface area (Å²) >= 11 is 3.68. The molecule has 0 bridgehead atoms. The molecule has 2 heterocycles.